The van der Waals surface area contributed by atoms with Gasteiger partial charge in [0, 0.05) is 7.43 Å². The second-order valence-corrected chi connectivity index (χ2v) is 1.35. The predicted octanol–water partition coefficient (Wildman–Crippen LogP) is 3.96. The highest BCUT2D eigenvalue weighted by atomic mass is 35.5. The van der Waals surface area contributed by atoms with Crippen LogP contribution in [-0.4, -0.2) is 0 Å². The summed E-state index contributed by atoms with van der Waals surface area (Å²) in [5.74, 6) is 0. The standard InChI is InChI=1S/C5H12.C.4ClH/c1-3-5-4-2;;;;;/h3-5H2,1-2H3;;4*1H. The molecule has 0 aromatic rings. The van der Waals surface area contributed by atoms with Gasteiger partial charge in [-0.25, -0.2) is 0 Å². The summed E-state index contributed by atoms with van der Waals surface area (Å²) in [4.78, 5) is 0. The summed E-state index contributed by atoms with van der Waals surface area (Å²) in [5.41, 5.74) is 0. The zero-order valence-electron chi connectivity index (χ0n) is 6.25. The van der Waals surface area contributed by atoms with Crippen LogP contribution >= 0.6 is 49.6 Å². The second kappa shape index (κ2) is 49.3. The van der Waals surface area contributed by atoms with Crippen LogP contribution in [0.15, 0.2) is 0 Å². The zero-order chi connectivity index (χ0) is 4.12. The summed E-state index contributed by atoms with van der Waals surface area (Å²) in [7, 11) is 0. The summed E-state index contributed by atoms with van der Waals surface area (Å²) in [6.45, 7) is 4.42. The van der Waals surface area contributed by atoms with Crippen LogP contribution in [0.2, 0.25) is 0 Å². The monoisotopic (exact) mass is 228 g/mol. The maximum atomic E-state index is 2.21. The highest BCUT2D eigenvalue weighted by Crippen LogP contribution is 1.88. The number of rotatable bonds is 2. The number of unbranched alkanes of at least 4 members (excludes halogenated alkanes) is 2. The van der Waals surface area contributed by atoms with Gasteiger partial charge in [-0.2, -0.15) is 0 Å². The lowest BCUT2D eigenvalue weighted by atomic mass is 10.3. The summed E-state index contributed by atoms with van der Waals surface area (Å²) < 4.78 is 0. The normalized spacial score (nSPS) is 4.20. The molecule has 0 heterocycles. The van der Waals surface area contributed by atoms with Gasteiger partial charge in [0.15, 0.2) is 0 Å². The van der Waals surface area contributed by atoms with Crippen molar-refractivity contribution in [3.63, 3.8) is 0 Å². The molecule has 0 nitrogen and oxygen atoms in total. The molecule has 68 valence electrons. The highest BCUT2D eigenvalue weighted by Gasteiger charge is 1.68. The Morgan fingerprint density at radius 2 is 0.900 bits per heavy atom. The fourth-order valence-corrected chi connectivity index (χ4v) is 0.354. The average Bonchev–Trinajstić information content (AvgIpc) is 1.41. The predicted molar refractivity (Wildman–Crippen MR) is 57.4 cm³/mol. The van der Waals surface area contributed by atoms with Crippen molar-refractivity contribution < 1.29 is 0 Å². The zero-order valence-corrected chi connectivity index (χ0v) is 9.52. The molecule has 0 bridgehead atoms. The largest absolute Gasteiger partial charge is 0.147 e. The molecule has 4 heteroatoms. The minimum atomic E-state index is 0. The molecule has 0 rings (SSSR count). The van der Waals surface area contributed by atoms with Crippen molar-refractivity contribution in [1.82, 2.24) is 0 Å². The first kappa shape index (κ1) is 43.3. The summed E-state index contributed by atoms with van der Waals surface area (Å²) in [5, 5.41) is 0. The van der Waals surface area contributed by atoms with Crippen LogP contribution in [0.3, 0.4) is 0 Å². The van der Waals surface area contributed by atoms with Crippen LogP contribution in [0.4, 0.5) is 0 Å². The molecule has 0 N–H and O–H groups in total. The third kappa shape index (κ3) is 61.1. The van der Waals surface area contributed by atoms with E-state index in [1.54, 1.807) is 0 Å². The van der Waals surface area contributed by atoms with E-state index in [0.717, 1.165) is 0 Å². The van der Waals surface area contributed by atoms with Gasteiger partial charge in [-0.05, 0) is 0 Å². The average molecular weight is 230 g/mol. The fourth-order valence-electron chi connectivity index (χ4n) is 0.354. The molecule has 0 fully saturated rings. The Kier molecular flexibility index (Phi) is 213. The number of halogens is 4. The highest BCUT2D eigenvalue weighted by molar-refractivity contribution is 5.86. The molecule has 0 spiro atoms. The van der Waals surface area contributed by atoms with Crippen molar-refractivity contribution in [1.29, 1.82) is 0 Å². The smallest absolute Gasteiger partial charge is 0 e. The van der Waals surface area contributed by atoms with Crippen LogP contribution in [0.5, 0.6) is 0 Å². The molecule has 0 saturated carbocycles. The van der Waals surface area contributed by atoms with Crippen molar-refractivity contribution in [2.24, 2.45) is 0 Å². The van der Waals surface area contributed by atoms with E-state index in [0.29, 0.717) is 0 Å². The first-order chi connectivity index (χ1) is 2.41. The van der Waals surface area contributed by atoms with E-state index in [4.69, 9.17) is 0 Å². The van der Waals surface area contributed by atoms with E-state index in [2.05, 4.69) is 13.8 Å². The minimum absolute atomic E-state index is 0. The molecule has 0 unspecified atom stereocenters. The molecule has 0 aromatic carbocycles. The number of hydrogen-bond donors (Lipinski definition) is 0. The Balaban J connectivity index is -0.00000000800. The Bertz CT molecular complexity index is 17.2. The van der Waals surface area contributed by atoms with E-state index in [-0.39, 0.29) is 57.1 Å². The third-order valence-electron chi connectivity index (χ3n) is 0.707. The van der Waals surface area contributed by atoms with Crippen molar-refractivity contribution in [2.45, 2.75) is 33.1 Å². The molecular formula is C6H16Cl4. The first-order valence-electron chi connectivity index (χ1n) is 2.41. The van der Waals surface area contributed by atoms with Gasteiger partial charge in [0.1, 0.15) is 0 Å². The molecule has 0 aromatic heterocycles. The lowest BCUT2D eigenvalue weighted by molar-refractivity contribution is 0.772. The molecule has 0 aliphatic carbocycles. The molecular weight excluding hydrogens is 214 g/mol. The lowest BCUT2D eigenvalue weighted by Gasteiger charge is -1.79. The molecule has 4 radical (unpaired) electrons. The van der Waals surface area contributed by atoms with E-state index in [1.165, 1.54) is 19.3 Å². The molecule has 0 aliphatic rings. The van der Waals surface area contributed by atoms with Crippen LogP contribution in [-0.2, 0) is 0 Å². The van der Waals surface area contributed by atoms with Gasteiger partial charge < -0.3 is 0 Å². The van der Waals surface area contributed by atoms with Crippen LogP contribution < -0.4 is 0 Å². The van der Waals surface area contributed by atoms with E-state index in [9.17, 15) is 0 Å². The molecule has 0 aliphatic heterocycles. The Hall–Kier alpha value is 1.16. The van der Waals surface area contributed by atoms with E-state index in [1.807, 2.05) is 0 Å². The van der Waals surface area contributed by atoms with E-state index < -0.39 is 0 Å². The van der Waals surface area contributed by atoms with Crippen LogP contribution in [0.1, 0.15) is 33.1 Å². The Labute approximate surface area is 90.2 Å². The second-order valence-electron chi connectivity index (χ2n) is 1.35. The van der Waals surface area contributed by atoms with Gasteiger partial charge in [0.05, 0.1) is 0 Å². The summed E-state index contributed by atoms with van der Waals surface area (Å²) in [6, 6.07) is 0. The van der Waals surface area contributed by atoms with Crippen molar-refractivity contribution in [2.75, 3.05) is 0 Å². The lowest BCUT2D eigenvalue weighted by Crippen LogP contribution is -1.59. The Morgan fingerprint density at radius 1 is 0.700 bits per heavy atom. The van der Waals surface area contributed by atoms with Gasteiger partial charge in [0.25, 0.3) is 0 Å². The maximum Gasteiger partial charge on any atom is 0 e. The van der Waals surface area contributed by atoms with Crippen LogP contribution in [0, 0.1) is 7.43 Å². The fraction of sp³-hybridized carbons (Fsp3) is 0.833. The van der Waals surface area contributed by atoms with Gasteiger partial charge in [0.2, 0.25) is 0 Å². The number of hydrogen-bond acceptors (Lipinski definition) is 0. The molecule has 0 saturated heterocycles. The summed E-state index contributed by atoms with van der Waals surface area (Å²) in [6.07, 6.45) is 4.08. The Morgan fingerprint density at radius 3 is 0.900 bits per heavy atom. The first-order valence-corrected chi connectivity index (χ1v) is 2.41. The SMILES string of the molecule is CCCCC.Cl.Cl.Cl.Cl.[C]. The van der Waals surface area contributed by atoms with Gasteiger partial charge in [-0.15, -0.1) is 49.6 Å². The van der Waals surface area contributed by atoms with E-state index >= 15 is 0 Å². The minimum Gasteiger partial charge on any atom is -0.147 e. The molecule has 10 heavy (non-hydrogen) atoms. The topological polar surface area (TPSA) is 0 Å². The third-order valence-corrected chi connectivity index (χ3v) is 0.707. The van der Waals surface area contributed by atoms with Crippen molar-refractivity contribution >= 4 is 49.6 Å². The maximum absolute atomic E-state index is 2.21. The summed E-state index contributed by atoms with van der Waals surface area (Å²) >= 11 is 0. The van der Waals surface area contributed by atoms with Gasteiger partial charge in [-0.3, -0.25) is 0 Å². The molecule has 0 amide bonds. The van der Waals surface area contributed by atoms with Gasteiger partial charge in [-0.1, -0.05) is 33.1 Å². The quantitative estimate of drug-likeness (QED) is 0.673. The van der Waals surface area contributed by atoms with Crippen molar-refractivity contribution in [3.8, 4) is 0 Å². The van der Waals surface area contributed by atoms with Gasteiger partial charge >= 0.3 is 0 Å². The van der Waals surface area contributed by atoms with Crippen LogP contribution in [0.25, 0.3) is 0 Å². The molecule has 0 atom stereocenters. The van der Waals surface area contributed by atoms with Crippen molar-refractivity contribution in [3.05, 3.63) is 7.43 Å².